The minimum absolute atomic E-state index is 0.781. The van der Waals surface area contributed by atoms with Gasteiger partial charge in [0.2, 0.25) is 0 Å². The smallest absolute Gasteiger partial charge is 0.176 e. The van der Waals surface area contributed by atoms with Gasteiger partial charge in [-0.05, 0) is 36.8 Å². The van der Waals surface area contributed by atoms with Gasteiger partial charge >= 0.3 is 0 Å². The van der Waals surface area contributed by atoms with Crippen LogP contribution in [0.1, 0.15) is 24.0 Å². The third-order valence-corrected chi connectivity index (χ3v) is 6.56. The first-order valence-corrected chi connectivity index (χ1v) is 9.97. The molecule has 8 heteroatoms. The SMILES string of the molecule is c1nc2c3sc4nc(N5CCOCC5)c5c(c4c3ncn2n1)CCCC5. The van der Waals surface area contributed by atoms with Crippen molar-refractivity contribution in [2.45, 2.75) is 25.7 Å². The van der Waals surface area contributed by atoms with Crippen molar-refractivity contribution < 1.29 is 4.74 Å². The zero-order chi connectivity index (χ0) is 17.1. The van der Waals surface area contributed by atoms with Crippen LogP contribution in [0, 0.1) is 0 Å². The van der Waals surface area contributed by atoms with Crippen LogP contribution in [0.15, 0.2) is 12.7 Å². The van der Waals surface area contributed by atoms with E-state index in [0.717, 1.165) is 59.8 Å². The van der Waals surface area contributed by atoms with E-state index in [1.165, 1.54) is 35.2 Å². The second kappa shape index (κ2) is 5.59. The van der Waals surface area contributed by atoms with Crippen molar-refractivity contribution in [3.8, 4) is 0 Å². The highest BCUT2D eigenvalue weighted by Gasteiger charge is 2.26. The van der Waals surface area contributed by atoms with E-state index in [-0.39, 0.29) is 0 Å². The van der Waals surface area contributed by atoms with Gasteiger partial charge in [0.25, 0.3) is 0 Å². The fourth-order valence-electron chi connectivity index (χ4n) is 4.27. The predicted octanol–water partition coefficient (Wildman–Crippen LogP) is 2.60. The Morgan fingerprint density at radius 1 is 1.04 bits per heavy atom. The van der Waals surface area contributed by atoms with E-state index in [4.69, 9.17) is 14.7 Å². The number of aromatic nitrogens is 5. The molecular weight excluding hydrogens is 348 g/mol. The first-order valence-electron chi connectivity index (χ1n) is 9.15. The summed E-state index contributed by atoms with van der Waals surface area (Å²) in [6.07, 6.45) is 8.04. The molecule has 2 aliphatic rings. The number of ether oxygens (including phenoxy) is 1. The summed E-state index contributed by atoms with van der Waals surface area (Å²) >= 11 is 1.69. The number of morpholine rings is 1. The largest absolute Gasteiger partial charge is 0.378 e. The molecule has 6 rings (SSSR count). The number of rotatable bonds is 1. The molecule has 0 atom stereocenters. The van der Waals surface area contributed by atoms with Crippen LogP contribution in [0.2, 0.25) is 0 Å². The molecule has 0 amide bonds. The van der Waals surface area contributed by atoms with Crippen LogP contribution in [0.3, 0.4) is 0 Å². The second-order valence-electron chi connectivity index (χ2n) is 6.93. The van der Waals surface area contributed by atoms with Gasteiger partial charge in [0.15, 0.2) is 5.65 Å². The lowest BCUT2D eigenvalue weighted by molar-refractivity contribution is 0.122. The first kappa shape index (κ1) is 14.8. The van der Waals surface area contributed by atoms with Gasteiger partial charge in [-0.1, -0.05) is 0 Å². The minimum atomic E-state index is 0.781. The monoisotopic (exact) mass is 366 g/mol. The summed E-state index contributed by atoms with van der Waals surface area (Å²) in [6, 6.07) is 0. The molecule has 0 radical (unpaired) electrons. The van der Waals surface area contributed by atoms with Gasteiger partial charge < -0.3 is 9.64 Å². The topological polar surface area (TPSA) is 68.4 Å². The number of hydrogen-bond acceptors (Lipinski definition) is 7. The lowest BCUT2D eigenvalue weighted by Crippen LogP contribution is -2.37. The minimum Gasteiger partial charge on any atom is -0.378 e. The molecule has 4 aromatic rings. The zero-order valence-electron chi connectivity index (χ0n) is 14.3. The Bertz CT molecular complexity index is 1140. The van der Waals surface area contributed by atoms with Crippen molar-refractivity contribution in [1.82, 2.24) is 24.6 Å². The molecule has 1 aliphatic heterocycles. The van der Waals surface area contributed by atoms with Crippen LogP contribution in [-0.2, 0) is 17.6 Å². The molecule has 0 unspecified atom stereocenters. The van der Waals surface area contributed by atoms with E-state index < -0.39 is 0 Å². The van der Waals surface area contributed by atoms with Crippen LogP contribution in [0.4, 0.5) is 5.82 Å². The Morgan fingerprint density at radius 2 is 1.88 bits per heavy atom. The van der Waals surface area contributed by atoms with Gasteiger partial charge in [-0.15, -0.1) is 11.3 Å². The number of pyridine rings is 1. The van der Waals surface area contributed by atoms with Gasteiger partial charge in [0, 0.05) is 18.5 Å². The Labute approximate surface area is 153 Å². The maximum atomic E-state index is 5.55. The quantitative estimate of drug-likeness (QED) is 0.516. The molecule has 0 spiro atoms. The van der Waals surface area contributed by atoms with E-state index >= 15 is 0 Å². The Hall–Kier alpha value is -2.32. The molecule has 132 valence electrons. The van der Waals surface area contributed by atoms with Crippen molar-refractivity contribution in [1.29, 1.82) is 0 Å². The number of nitrogens with zero attached hydrogens (tertiary/aromatic N) is 6. The summed E-state index contributed by atoms with van der Waals surface area (Å²) in [5.74, 6) is 1.17. The fourth-order valence-corrected chi connectivity index (χ4v) is 5.41. The van der Waals surface area contributed by atoms with Crippen molar-refractivity contribution >= 4 is 43.2 Å². The van der Waals surface area contributed by atoms with Crippen molar-refractivity contribution in [2.24, 2.45) is 0 Å². The van der Waals surface area contributed by atoms with Gasteiger partial charge in [0.1, 0.15) is 28.0 Å². The number of hydrogen-bond donors (Lipinski definition) is 0. The molecule has 26 heavy (non-hydrogen) atoms. The van der Waals surface area contributed by atoms with E-state index in [9.17, 15) is 0 Å². The molecule has 1 aliphatic carbocycles. The summed E-state index contributed by atoms with van der Waals surface area (Å²) in [7, 11) is 0. The van der Waals surface area contributed by atoms with Crippen molar-refractivity contribution in [2.75, 3.05) is 31.2 Å². The highest BCUT2D eigenvalue weighted by atomic mass is 32.1. The summed E-state index contributed by atoms with van der Waals surface area (Å²) < 4.78 is 8.37. The highest BCUT2D eigenvalue weighted by Crippen LogP contribution is 2.41. The number of thiophene rings is 1. The standard InChI is InChI=1S/C18H18N6OS/c1-2-4-12-11(3-1)13-14-15(17-19-9-21-24(17)10-20-14)26-18(13)22-16(12)23-5-7-25-8-6-23/h9-10H,1-8H2. The second-order valence-corrected chi connectivity index (χ2v) is 7.93. The van der Waals surface area contributed by atoms with Crippen LogP contribution < -0.4 is 4.90 Å². The van der Waals surface area contributed by atoms with Crippen LogP contribution in [0.5, 0.6) is 0 Å². The molecule has 0 saturated carbocycles. The van der Waals surface area contributed by atoms with Crippen LogP contribution in [-0.4, -0.2) is 50.9 Å². The van der Waals surface area contributed by atoms with Crippen molar-refractivity contribution in [3.63, 3.8) is 0 Å². The Morgan fingerprint density at radius 3 is 2.77 bits per heavy atom. The maximum absolute atomic E-state index is 5.55. The average molecular weight is 366 g/mol. The van der Waals surface area contributed by atoms with Gasteiger partial charge in [-0.2, -0.15) is 5.10 Å². The molecule has 7 nitrogen and oxygen atoms in total. The zero-order valence-corrected chi connectivity index (χ0v) is 15.1. The predicted molar refractivity (Wildman–Crippen MR) is 101 cm³/mol. The van der Waals surface area contributed by atoms with E-state index in [1.807, 2.05) is 0 Å². The number of fused-ring (bicyclic) bond motifs is 7. The van der Waals surface area contributed by atoms with Gasteiger partial charge in [0.05, 0.1) is 18.7 Å². The Kier molecular flexibility index (Phi) is 3.18. The van der Waals surface area contributed by atoms with E-state index in [0.29, 0.717) is 0 Å². The van der Waals surface area contributed by atoms with Gasteiger partial charge in [-0.3, -0.25) is 0 Å². The summed E-state index contributed by atoms with van der Waals surface area (Å²) in [4.78, 5) is 17.8. The molecule has 4 aromatic heterocycles. The molecule has 0 N–H and O–H groups in total. The van der Waals surface area contributed by atoms with Crippen molar-refractivity contribution in [3.05, 3.63) is 23.8 Å². The summed E-state index contributed by atoms with van der Waals surface area (Å²) in [5.41, 5.74) is 4.78. The van der Waals surface area contributed by atoms with E-state index in [2.05, 4.69) is 15.0 Å². The van der Waals surface area contributed by atoms with E-state index in [1.54, 1.807) is 28.5 Å². The normalized spacial score (nSPS) is 18.1. The summed E-state index contributed by atoms with van der Waals surface area (Å²) in [6.45, 7) is 3.40. The molecular formula is C18H18N6OS. The maximum Gasteiger partial charge on any atom is 0.176 e. The molecule has 0 bridgehead atoms. The third-order valence-electron chi connectivity index (χ3n) is 5.49. The number of anilines is 1. The molecule has 0 aromatic carbocycles. The molecule has 1 fully saturated rings. The fraction of sp³-hybridized carbons (Fsp3) is 0.444. The van der Waals surface area contributed by atoms with Gasteiger partial charge in [-0.25, -0.2) is 19.5 Å². The lowest BCUT2D eigenvalue weighted by atomic mass is 9.90. The van der Waals surface area contributed by atoms with Crippen LogP contribution in [0.25, 0.3) is 26.1 Å². The highest BCUT2D eigenvalue weighted by molar-refractivity contribution is 7.26. The lowest BCUT2D eigenvalue weighted by Gasteiger charge is -2.31. The van der Waals surface area contributed by atoms with Crippen LogP contribution >= 0.6 is 11.3 Å². The molecule has 5 heterocycles. The first-order chi connectivity index (χ1) is 12.9. The third kappa shape index (κ3) is 2.02. The summed E-state index contributed by atoms with van der Waals surface area (Å²) in [5, 5.41) is 5.46. The molecule has 1 saturated heterocycles. The Balaban J connectivity index is 1.69. The number of aryl methyl sites for hydroxylation is 1. The average Bonchev–Trinajstić information content (AvgIpc) is 3.32.